The van der Waals surface area contributed by atoms with Gasteiger partial charge in [-0.2, -0.15) is 0 Å². The SMILES string of the molecule is O=C(O)CC1CNc2cccc3[nH]c(=O)c(=O)n1c23. The summed E-state index contributed by atoms with van der Waals surface area (Å²) in [6.07, 6.45) is -0.209. The van der Waals surface area contributed by atoms with Crippen LogP contribution in [-0.4, -0.2) is 27.2 Å². The van der Waals surface area contributed by atoms with E-state index in [0.29, 0.717) is 23.3 Å². The molecule has 0 saturated carbocycles. The molecule has 98 valence electrons. The predicted octanol–water partition coefficient (Wildman–Crippen LogP) is 0.131. The monoisotopic (exact) mass is 261 g/mol. The molecule has 3 N–H and O–H groups in total. The Labute approximate surface area is 106 Å². The number of aliphatic carboxylic acids is 1. The number of H-pyrrole nitrogens is 1. The number of hydrogen-bond donors (Lipinski definition) is 3. The molecule has 7 heteroatoms. The summed E-state index contributed by atoms with van der Waals surface area (Å²) in [5.74, 6) is -1.01. The Morgan fingerprint density at radius 3 is 2.95 bits per heavy atom. The first kappa shape index (κ1) is 11.5. The molecule has 1 aromatic carbocycles. The number of nitrogens with zero attached hydrogens (tertiary/aromatic N) is 1. The first-order chi connectivity index (χ1) is 9.08. The van der Waals surface area contributed by atoms with Crippen molar-refractivity contribution >= 4 is 22.7 Å². The molecule has 1 unspecified atom stereocenters. The van der Waals surface area contributed by atoms with Crippen molar-refractivity contribution in [2.75, 3.05) is 11.9 Å². The van der Waals surface area contributed by atoms with Gasteiger partial charge in [0.05, 0.1) is 29.2 Å². The normalized spacial score (nSPS) is 17.2. The van der Waals surface area contributed by atoms with Crippen molar-refractivity contribution in [2.45, 2.75) is 12.5 Å². The van der Waals surface area contributed by atoms with Crippen LogP contribution in [0.5, 0.6) is 0 Å². The van der Waals surface area contributed by atoms with Crippen LogP contribution in [0.1, 0.15) is 12.5 Å². The second-order valence-corrected chi connectivity index (χ2v) is 4.46. The van der Waals surface area contributed by atoms with Crippen molar-refractivity contribution in [3.63, 3.8) is 0 Å². The van der Waals surface area contributed by atoms with Crippen molar-refractivity contribution in [3.05, 3.63) is 38.9 Å². The number of nitrogens with one attached hydrogen (secondary N) is 2. The topological polar surface area (TPSA) is 104 Å². The fourth-order valence-electron chi connectivity index (χ4n) is 2.47. The molecule has 3 rings (SSSR count). The van der Waals surface area contributed by atoms with E-state index in [0.717, 1.165) is 0 Å². The van der Waals surface area contributed by atoms with Crippen LogP contribution < -0.4 is 16.4 Å². The number of aromatic amines is 1. The Morgan fingerprint density at radius 2 is 2.21 bits per heavy atom. The lowest BCUT2D eigenvalue weighted by Crippen LogP contribution is -2.42. The number of rotatable bonds is 2. The lowest BCUT2D eigenvalue weighted by molar-refractivity contribution is -0.137. The highest BCUT2D eigenvalue weighted by Crippen LogP contribution is 2.28. The number of carboxylic acid groups (broad SMARTS) is 1. The van der Waals surface area contributed by atoms with Crippen LogP contribution in [0.3, 0.4) is 0 Å². The molecule has 0 bridgehead atoms. The maximum Gasteiger partial charge on any atom is 0.317 e. The van der Waals surface area contributed by atoms with Crippen molar-refractivity contribution < 1.29 is 9.90 Å². The second-order valence-electron chi connectivity index (χ2n) is 4.46. The molecule has 2 heterocycles. The second kappa shape index (κ2) is 3.98. The third kappa shape index (κ3) is 1.70. The van der Waals surface area contributed by atoms with E-state index in [2.05, 4.69) is 10.3 Å². The quantitative estimate of drug-likeness (QED) is 0.667. The first-order valence-electron chi connectivity index (χ1n) is 5.81. The first-order valence-corrected chi connectivity index (χ1v) is 5.81. The minimum atomic E-state index is -1.01. The lowest BCUT2D eigenvalue weighted by atomic mass is 10.1. The predicted molar refractivity (Wildman–Crippen MR) is 68.6 cm³/mol. The Hall–Kier alpha value is -2.57. The van der Waals surface area contributed by atoms with Gasteiger partial charge in [-0.05, 0) is 12.1 Å². The number of carboxylic acids is 1. The molecule has 0 fully saturated rings. The number of carbonyl (C=O) groups is 1. The van der Waals surface area contributed by atoms with E-state index in [-0.39, 0.29) is 6.42 Å². The highest BCUT2D eigenvalue weighted by Gasteiger charge is 2.25. The maximum atomic E-state index is 12.0. The van der Waals surface area contributed by atoms with E-state index in [1.807, 2.05) is 0 Å². The van der Waals surface area contributed by atoms with Crippen LogP contribution in [0.4, 0.5) is 5.69 Å². The fourth-order valence-corrected chi connectivity index (χ4v) is 2.47. The molecule has 1 aromatic heterocycles. The highest BCUT2D eigenvalue weighted by atomic mass is 16.4. The van der Waals surface area contributed by atoms with Crippen LogP contribution in [0, 0.1) is 0 Å². The zero-order valence-electron chi connectivity index (χ0n) is 9.84. The maximum absolute atomic E-state index is 12.0. The largest absolute Gasteiger partial charge is 0.481 e. The number of anilines is 1. The summed E-state index contributed by atoms with van der Waals surface area (Å²) in [4.78, 5) is 37.0. The Morgan fingerprint density at radius 1 is 1.42 bits per heavy atom. The van der Waals surface area contributed by atoms with Gasteiger partial charge in [-0.3, -0.25) is 19.0 Å². The zero-order valence-corrected chi connectivity index (χ0v) is 9.84. The van der Waals surface area contributed by atoms with E-state index >= 15 is 0 Å². The minimum absolute atomic E-state index is 0.209. The van der Waals surface area contributed by atoms with Crippen LogP contribution in [-0.2, 0) is 4.79 Å². The molecule has 2 aromatic rings. The molecular formula is C12H11N3O4. The molecule has 0 aliphatic carbocycles. The molecule has 19 heavy (non-hydrogen) atoms. The van der Waals surface area contributed by atoms with Gasteiger partial charge in [0.2, 0.25) is 0 Å². The van der Waals surface area contributed by atoms with Gasteiger partial charge in [0.1, 0.15) is 0 Å². The van der Waals surface area contributed by atoms with Crippen LogP contribution in [0.2, 0.25) is 0 Å². The van der Waals surface area contributed by atoms with E-state index in [4.69, 9.17) is 5.11 Å². The number of benzene rings is 1. The fraction of sp³-hybridized carbons (Fsp3) is 0.250. The Balaban J connectivity index is 2.38. The van der Waals surface area contributed by atoms with Crippen LogP contribution >= 0.6 is 0 Å². The van der Waals surface area contributed by atoms with Gasteiger partial charge in [0.25, 0.3) is 0 Å². The molecule has 0 radical (unpaired) electrons. The molecular weight excluding hydrogens is 250 g/mol. The summed E-state index contributed by atoms with van der Waals surface area (Å²) in [5.41, 5.74) is 0.330. The van der Waals surface area contributed by atoms with E-state index < -0.39 is 23.1 Å². The van der Waals surface area contributed by atoms with Crippen LogP contribution in [0.15, 0.2) is 27.8 Å². The van der Waals surface area contributed by atoms with E-state index in [1.165, 1.54) is 4.57 Å². The van der Waals surface area contributed by atoms with Gasteiger partial charge < -0.3 is 15.4 Å². The van der Waals surface area contributed by atoms with Gasteiger partial charge in [-0.15, -0.1) is 0 Å². The van der Waals surface area contributed by atoms with E-state index in [9.17, 15) is 14.4 Å². The number of aromatic nitrogens is 2. The van der Waals surface area contributed by atoms with Crippen molar-refractivity contribution in [2.24, 2.45) is 0 Å². The molecule has 0 saturated heterocycles. The Kier molecular flexibility index (Phi) is 2.41. The van der Waals surface area contributed by atoms with Gasteiger partial charge in [0, 0.05) is 6.54 Å². The number of para-hydroxylation sites is 1. The van der Waals surface area contributed by atoms with Crippen molar-refractivity contribution in [1.82, 2.24) is 9.55 Å². The minimum Gasteiger partial charge on any atom is -0.481 e. The highest BCUT2D eigenvalue weighted by molar-refractivity contribution is 5.89. The Bertz CT molecular complexity index is 790. The zero-order chi connectivity index (χ0) is 13.6. The molecule has 7 nitrogen and oxygen atoms in total. The van der Waals surface area contributed by atoms with Gasteiger partial charge >= 0.3 is 17.1 Å². The molecule has 1 aliphatic heterocycles. The summed E-state index contributed by atoms with van der Waals surface area (Å²) in [6.45, 7) is 0.307. The number of hydrogen-bond acceptors (Lipinski definition) is 4. The van der Waals surface area contributed by atoms with Crippen molar-refractivity contribution in [1.29, 1.82) is 0 Å². The van der Waals surface area contributed by atoms with Gasteiger partial charge in [-0.1, -0.05) is 6.07 Å². The summed E-state index contributed by atoms with van der Waals surface area (Å²) in [7, 11) is 0. The van der Waals surface area contributed by atoms with Gasteiger partial charge in [0.15, 0.2) is 0 Å². The summed E-state index contributed by atoms with van der Waals surface area (Å²) in [6, 6.07) is 4.66. The summed E-state index contributed by atoms with van der Waals surface area (Å²) >= 11 is 0. The van der Waals surface area contributed by atoms with Crippen molar-refractivity contribution in [3.8, 4) is 0 Å². The summed E-state index contributed by atoms with van der Waals surface area (Å²) in [5, 5.41) is 12.0. The lowest BCUT2D eigenvalue weighted by Gasteiger charge is -2.27. The molecule has 0 amide bonds. The third-order valence-corrected chi connectivity index (χ3v) is 3.24. The van der Waals surface area contributed by atoms with E-state index in [1.54, 1.807) is 18.2 Å². The van der Waals surface area contributed by atoms with Gasteiger partial charge in [-0.25, -0.2) is 0 Å². The standard InChI is InChI=1S/C12H11N3O4/c16-9(17)4-6-5-13-7-2-1-3-8-10(7)15(6)12(19)11(18)14-8/h1-3,6,13H,4-5H2,(H,14,18)(H,16,17). The van der Waals surface area contributed by atoms with Crippen LogP contribution in [0.25, 0.3) is 11.0 Å². The average molecular weight is 261 g/mol. The molecule has 1 aliphatic rings. The third-order valence-electron chi connectivity index (χ3n) is 3.24. The molecule has 1 atom stereocenters. The average Bonchev–Trinajstić information content (AvgIpc) is 2.36. The smallest absolute Gasteiger partial charge is 0.317 e. The molecule has 0 spiro atoms. The summed E-state index contributed by atoms with van der Waals surface area (Å²) < 4.78 is 1.29.